The summed E-state index contributed by atoms with van der Waals surface area (Å²) in [6.07, 6.45) is 5.13. The van der Waals surface area contributed by atoms with Crippen LogP contribution in [0.4, 0.5) is 5.69 Å². The SMILES string of the molecule is O=c1c(OCC2(c3ccccc3)CC2)c(N2CCN(S(=O)(=O)C3CC3)CC2)cnn1-c1cccc(Cl)c1. The lowest BCUT2D eigenvalue weighted by molar-refractivity contribution is 0.272. The normalized spacial score (nSPS) is 19.5. The van der Waals surface area contributed by atoms with E-state index in [-0.39, 0.29) is 22.0 Å². The fourth-order valence-corrected chi connectivity index (χ4v) is 7.02. The molecule has 2 aromatic carbocycles. The average molecular weight is 541 g/mol. The van der Waals surface area contributed by atoms with Gasteiger partial charge in [-0.05, 0) is 49.4 Å². The summed E-state index contributed by atoms with van der Waals surface area (Å²) < 4.78 is 34.6. The van der Waals surface area contributed by atoms with Crippen LogP contribution in [0.3, 0.4) is 0 Å². The van der Waals surface area contributed by atoms with E-state index in [1.807, 2.05) is 23.1 Å². The van der Waals surface area contributed by atoms with E-state index in [1.165, 1.54) is 10.2 Å². The highest BCUT2D eigenvalue weighted by molar-refractivity contribution is 7.90. The van der Waals surface area contributed by atoms with Crippen molar-refractivity contribution in [1.29, 1.82) is 0 Å². The van der Waals surface area contributed by atoms with Crippen molar-refractivity contribution in [2.24, 2.45) is 0 Å². The van der Waals surface area contributed by atoms with Crippen LogP contribution in [0, 0.1) is 0 Å². The zero-order chi connectivity index (χ0) is 25.6. The molecule has 1 saturated heterocycles. The summed E-state index contributed by atoms with van der Waals surface area (Å²) in [6.45, 7) is 2.07. The third-order valence-electron chi connectivity index (χ3n) is 7.58. The molecule has 0 amide bonds. The van der Waals surface area contributed by atoms with Gasteiger partial charge in [-0.15, -0.1) is 0 Å². The van der Waals surface area contributed by atoms with Crippen LogP contribution in [0.15, 0.2) is 65.6 Å². The van der Waals surface area contributed by atoms with Gasteiger partial charge in [0.25, 0.3) is 0 Å². The Bertz CT molecular complexity index is 1460. The smallest absolute Gasteiger partial charge is 0.316 e. The van der Waals surface area contributed by atoms with E-state index in [1.54, 1.807) is 34.8 Å². The molecule has 2 saturated carbocycles. The summed E-state index contributed by atoms with van der Waals surface area (Å²) in [5.74, 6) is 0.232. The summed E-state index contributed by atoms with van der Waals surface area (Å²) in [5.41, 5.74) is 1.89. The molecule has 0 radical (unpaired) electrons. The van der Waals surface area contributed by atoms with Crippen LogP contribution < -0.4 is 15.2 Å². The third-order valence-corrected chi connectivity index (χ3v) is 10.2. The Balaban J connectivity index is 1.30. The second-order valence-corrected chi connectivity index (χ2v) is 12.8. The number of aromatic nitrogens is 2. The zero-order valence-corrected chi connectivity index (χ0v) is 22.0. The molecule has 0 N–H and O–H groups in total. The molecule has 1 aliphatic heterocycles. The van der Waals surface area contributed by atoms with Crippen LogP contribution in [0.5, 0.6) is 5.75 Å². The van der Waals surface area contributed by atoms with E-state index in [9.17, 15) is 13.2 Å². The second kappa shape index (κ2) is 9.45. The zero-order valence-electron chi connectivity index (χ0n) is 20.4. The maximum atomic E-state index is 13.7. The second-order valence-electron chi connectivity index (χ2n) is 10.1. The van der Waals surface area contributed by atoms with E-state index < -0.39 is 10.0 Å². The number of hydrogen-bond donors (Lipinski definition) is 0. The van der Waals surface area contributed by atoms with Gasteiger partial charge >= 0.3 is 5.56 Å². The number of halogens is 1. The van der Waals surface area contributed by atoms with Gasteiger partial charge in [-0.25, -0.2) is 8.42 Å². The number of hydrogen-bond acceptors (Lipinski definition) is 6. The fourth-order valence-electron chi connectivity index (χ4n) is 5.01. The Morgan fingerprint density at radius 1 is 1.00 bits per heavy atom. The predicted molar refractivity (Wildman–Crippen MR) is 143 cm³/mol. The first-order valence-corrected chi connectivity index (χ1v) is 14.6. The van der Waals surface area contributed by atoms with Crippen LogP contribution in [0.25, 0.3) is 5.69 Å². The first-order valence-electron chi connectivity index (χ1n) is 12.7. The number of ether oxygens (including phenoxy) is 1. The molecule has 3 aliphatic rings. The topological polar surface area (TPSA) is 84.7 Å². The molecule has 2 aliphatic carbocycles. The van der Waals surface area contributed by atoms with Gasteiger partial charge in [-0.1, -0.05) is 48.0 Å². The van der Waals surface area contributed by atoms with Crippen molar-refractivity contribution >= 4 is 27.3 Å². The highest BCUT2D eigenvalue weighted by Crippen LogP contribution is 2.48. The molecular formula is C27H29ClN4O4S. The number of anilines is 1. The summed E-state index contributed by atoms with van der Waals surface area (Å²) in [6, 6.07) is 17.2. The van der Waals surface area contributed by atoms with Crippen LogP contribution in [-0.2, 0) is 15.4 Å². The Kier molecular flexibility index (Phi) is 6.25. The fraction of sp³-hybridized carbons (Fsp3) is 0.407. The molecule has 0 unspecified atom stereocenters. The van der Waals surface area contributed by atoms with Gasteiger partial charge in [-0.3, -0.25) is 4.79 Å². The maximum absolute atomic E-state index is 13.7. The lowest BCUT2D eigenvalue weighted by Gasteiger charge is -2.36. The first kappa shape index (κ1) is 24.5. The van der Waals surface area contributed by atoms with E-state index in [0.29, 0.717) is 49.2 Å². The number of rotatable bonds is 8. The van der Waals surface area contributed by atoms with Crippen molar-refractivity contribution < 1.29 is 13.2 Å². The van der Waals surface area contributed by atoms with Crippen molar-refractivity contribution in [1.82, 2.24) is 14.1 Å². The van der Waals surface area contributed by atoms with E-state index in [2.05, 4.69) is 17.2 Å². The lowest BCUT2D eigenvalue weighted by atomic mass is 9.97. The average Bonchev–Trinajstić information content (AvgIpc) is 3.83. The molecule has 10 heteroatoms. The molecule has 3 aromatic rings. The third kappa shape index (κ3) is 4.76. The van der Waals surface area contributed by atoms with Gasteiger partial charge in [0.1, 0.15) is 5.69 Å². The van der Waals surface area contributed by atoms with E-state index >= 15 is 0 Å². The summed E-state index contributed by atoms with van der Waals surface area (Å²) >= 11 is 6.18. The van der Waals surface area contributed by atoms with Gasteiger partial charge in [0.2, 0.25) is 15.8 Å². The predicted octanol–water partition coefficient (Wildman–Crippen LogP) is 3.61. The van der Waals surface area contributed by atoms with Crippen molar-refractivity contribution in [2.45, 2.75) is 36.3 Å². The molecule has 8 nitrogen and oxygen atoms in total. The summed E-state index contributed by atoms with van der Waals surface area (Å²) in [4.78, 5) is 15.7. The Hall–Kier alpha value is -2.88. The van der Waals surface area contributed by atoms with E-state index in [0.717, 1.165) is 25.7 Å². The number of benzene rings is 2. The molecule has 2 heterocycles. The number of sulfonamides is 1. The number of nitrogens with zero attached hydrogens (tertiary/aromatic N) is 4. The molecule has 194 valence electrons. The first-order chi connectivity index (χ1) is 17.9. The van der Waals surface area contributed by atoms with Crippen molar-refractivity contribution in [3.63, 3.8) is 0 Å². The van der Waals surface area contributed by atoms with Gasteiger partial charge in [0, 0.05) is 36.6 Å². The van der Waals surface area contributed by atoms with Crippen molar-refractivity contribution in [3.05, 3.63) is 81.7 Å². The van der Waals surface area contributed by atoms with E-state index in [4.69, 9.17) is 16.3 Å². The Labute approximate surface area is 221 Å². The molecule has 37 heavy (non-hydrogen) atoms. The van der Waals surface area contributed by atoms with Crippen molar-refractivity contribution in [3.8, 4) is 11.4 Å². The molecule has 0 bridgehead atoms. The van der Waals surface area contributed by atoms with Gasteiger partial charge in [0.05, 0.1) is 23.7 Å². The van der Waals surface area contributed by atoms with Crippen LogP contribution in [0.1, 0.15) is 31.2 Å². The highest BCUT2D eigenvalue weighted by atomic mass is 35.5. The maximum Gasteiger partial charge on any atom is 0.316 e. The Morgan fingerprint density at radius 2 is 1.73 bits per heavy atom. The molecule has 1 aromatic heterocycles. The monoisotopic (exact) mass is 540 g/mol. The largest absolute Gasteiger partial charge is 0.485 e. The molecule has 3 fully saturated rings. The minimum atomic E-state index is -3.23. The standard InChI is InChI=1S/C27H29ClN4O4S/c28-21-7-4-8-22(17-21)32-26(33)25(36-19-27(11-12-27)20-5-2-1-3-6-20)24(18-29-32)30-13-15-31(16-14-30)37(34,35)23-9-10-23/h1-8,17-18,23H,9-16,19H2. The van der Waals surface area contributed by atoms with Gasteiger partial charge in [0.15, 0.2) is 0 Å². The highest BCUT2D eigenvalue weighted by Gasteiger charge is 2.46. The van der Waals surface area contributed by atoms with Crippen LogP contribution >= 0.6 is 11.6 Å². The minimum Gasteiger partial charge on any atom is -0.485 e. The van der Waals surface area contributed by atoms with Gasteiger partial charge < -0.3 is 9.64 Å². The quantitative estimate of drug-likeness (QED) is 0.434. The summed E-state index contributed by atoms with van der Waals surface area (Å²) in [7, 11) is -3.23. The minimum absolute atomic E-state index is 0.105. The number of piperazine rings is 1. The summed E-state index contributed by atoms with van der Waals surface area (Å²) in [5, 5.41) is 4.72. The molecule has 0 atom stereocenters. The lowest BCUT2D eigenvalue weighted by Crippen LogP contribution is -2.50. The van der Waals surface area contributed by atoms with Crippen LogP contribution in [-0.4, -0.2) is 60.5 Å². The Morgan fingerprint density at radius 3 is 2.38 bits per heavy atom. The molecule has 0 spiro atoms. The molecular weight excluding hydrogens is 512 g/mol. The van der Waals surface area contributed by atoms with Gasteiger partial charge in [-0.2, -0.15) is 14.1 Å². The van der Waals surface area contributed by atoms with Crippen molar-refractivity contribution in [2.75, 3.05) is 37.7 Å². The van der Waals surface area contributed by atoms with Crippen LogP contribution in [0.2, 0.25) is 5.02 Å². The molecule has 6 rings (SSSR count).